The summed E-state index contributed by atoms with van der Waals surface area (Å²) in [6.45, 7) is 10.2. The molecule has 1 unspecified atom stereocenters. The highest BCUT2D eigenvalue weighted by molar-refractivity contribution is 5.70. The second-order valence-electron chi connectivity index (χ2n) is 14.8. The molecule has 3 aliphatic heterocycles. The number of carbonyl (C=O) groups excluding carboxylic acids is 3. The fourth-order valence-corrected chi connectivity index (χ4v) is 7.36. The Morgan fingerprint density at radius 1 is 1.06 bits per heavy atom. The monoisotopic (exact) mass is 731 g/mol. The largest absolute Gasteiger partial charge is 0.462 e. The number of aliphatic hydroxyl groups excluding tert-OH is 3. The Balaban J connectivity index is 1.90. The van der Waals surface area contributed by atoms with E-state index in [9.17, 15) is 34.8 Å². The molecule has 0 amide bonds. The van der Waals surface area contributed by atoms with Gasteiger partial charge in [-0.1, -0.05) is 26.0 Å². The molecule has 0 aliphatic carbocycles. The van der Waals surface area contributed by atoms with Crippen LogP contribution in [0.3, 0.4) is 0 Å². The first-order valence-corrected chi connectivity index (χ1v) is 18.0. The molecule has 2 fully saturated rings. The number of rotatable bonds is 10. The van der Waals surface area contributed by atoms with E-state index in [0.717, 1.165) is 6.29 Å². The Kier molecular flexibility index (Phi) is 16.4. The maximum absolute atomic E-state index is 12.8. The first kappa shape index (κ1) is 43.4. The van der Waals surface area contributed by atoms with Crippen molar-refractivity contribution < 1.29 is 68.0 Å². The van der Waals surface area contributed by atoms with Crippen molar-refractivity contribution in [2.24, 2.45) is 11.8 Å². The smallest absolute Gasteiger partial charge is 0.308 e. The van der Waals surface area contributed by atoms with Crippen molar-refractivity contribution in [2.75, 3.05) is 21.2 Å². The molecule has 15 nitrogen and oxygen atoms in total. The second-order valence-corrected chi connectivity index (χ2v) is 14.8. The summed E-state index contributed by atoms with van der Waals surface area (Å²) in [4.78, 5) is 38.6. The molecule has 3 heterocycles. The lowest BCUT2D eigenvalue weighted by Gasteiger charge is -2.50. The highest BCUT2D eigenvalue weighted by Crippen LogP contribution is 2.37. The average Bonchev–Trinajstić information content (AvgIpc) is 3.03. The Labute approximate surface area is 301 Å². The molecule has 4 N–H and O–H groups in total. The minimum absolute atomic E-state index is 0.0261. The second kappa shape index (κ2) is 19.3. The summed E-state index contributed by atoms with van der Waals surface area (Å²) < 4.78 is 41.9. The molecule has 51 heavy (non-hydrogen) atoms. The van der Waals surface area contributed by atoms with Crippen molar-refractivity contribution in [1.82, 2.24) is 4.90 Å². The van der Waals surface area contributed by atoms with Crippen molar-refractivity contribution in [3.8, 4) is 0 Å². The number of carbonyl (C=O) groups is 3. The lowest BCUT2D eigenvalue weighted by atomic mass is 9.82. The van der Waals surface area contributed by atoms with Gasteiger partial charge in [0.2, 0.25) is 0 Å². The van der Waals surface area contributed by atoms with Crippen LogP contribution in [0.5, 0.6) is 0 Å². The Hall–Kier alpha value is -2.05. The highest BCUT2D eigenvalue weighted by atomic mass is 16.7. The molecule has 15 heteroatoms. The molecular weight excluding hydrogens is 670 g/mol. The standard InChI is InChI=1S/C36H61NO14/c1-10-26(41)49-34-22(5)47-28(18-36(34,6)44)50-31-21(4)48-35(30(43)29(31)37(7)8)51-32-23(14-15-38)16-19(2)24(39)13-11-12-20(3)46-27(42)17-25(40)33(32)45-9/h11,13,15,19-25,28-35,39-40,43-44H,10,12,14,16-18H2,1-9H3/b13-11+/t19-,20-,21-,22+,23+,24+,25-,28+,29-,30-,31-,32?,33+,34+,35+,36-/m1/s1. The van der Waals surface area contributed by atoms with E-state index in [1.807, 2.05) is 6.92 Å². The van der Waals surface area contributed by atoms with Gasteiger partial charge in [0.05, 0.1) is 43.0 Å². The number of nitrogens with zero attached hydrogens (tertiary/aromatic N) is 1. The Bertz CT molecular complexity index is 1150. The van der Waals surface area contributed by atoms with Crippen LogP contribution in [0.1, 0.15) is 80.1 Å². The summed E-state index contributed by atoms with van der Waals surface area (Å²) in [5.41, 5.74) is -1.47. The summed E-state index contributed by atoms with van der Waals surface area (Å²) >= 11 is 0. The molecular formula is C36H61NO14. The summed E-state index contributed by atoms with van der Waals surface area (Å²) in [5, 5.41) is 45.3. The maximum Gasteiger partial charge on any atom is 0.308 e. The van der Waals surface area contributed by atoms with E-state index >= 15 is 0 Å². The zero-order chi connectivity index (χ0) is 38.2. The van der Waals surface area contributed by atoms with Crippen LogP contribution in [0, 0.1) is 11.8 Å². The van der Waals surface area contributed by atoms with Gasteiger partial charge < -0.3 is 63.3 Å². The van der Waals surface area contributed by atoms with Crippen molar-refractivity contribution >= 4 is 18.2 Å². The van der Waals surface area contributed by atoms with Crippen LogP contribution in [0.25, 0.3) is 0 Å². The third kappa shape index (κ3) is 11.5. The van der Waals surface area contributed by atoms with Crippen LogP contribution in [-0.4, -0.2) is 150 Å². The predicted molar refractivity (Wildman–Crippen MR) is 182 cm³/mol. The maximum atomic E-state index is 12.8. The summed E-state index contributed by atoms with van der Waals surface area (Å²) in [7, 11) is 4.85. The van der Waals surface area contributed by atoms with E-state index in [1.165, 1.54) is 7.11 Å². The molecule has 16 atom stereocenters. The van der Waals surface area contributed by atoms with Gasteiger partial charge in [-0.25, -0.2) is 0 Å². The molecule has 0 aromatic carbocycles. The molecule has 0 saturated carbocycles. The zero-order valence-corrected chi connectivity index (χ0v) is 31.5. The van der Waals surface area contributed by atoms with Crippen molar-refractivity contribution in [1.29, 1.82) is 0 Å². The minimum atomic E-state index is -1.47. The summed E-state index contributed by atoms with van der Waals surface area (Å²) in [6, 6.07) is -0.741. The minimum Gasteiger partial charge on any atom is -0.462 e. The van der Waals surface area contributed by atoms with Gasteiger partial charge in [0.15, 0.2) is 18.7 Å². The lowest BCUT2D eigenvalue weighted by molar-refractivity contribution is -0.344. The number of esters is 2. The first-order valence-electron chi connectivity index (χ1n) is 18.0. The van der Waals surface area contributed by atoms with Crippen LogP contribution in [0.4, 0.5) is 0 Å². The Morgan fingerprint density at radius 2 is 1.75 bits per heavy atom. The normalized spacial score (nSPS) is 43.9. The van der Waals surface area contributed by atoms with Gasteiger partial charge in [-0.15, -0.1) is 0 Å². The molecule has 294 valence electrons. The van der Waals surface area contributed by atoms with Crippen LogP contribution >= 0.6 is 0 Å². The lowest BCUT2D eigenvalue weighted by Crippen LogP contribution is -2.66. The molecule has 3 rings (SSSR count). The third-order valence-electron chi connectivity index (χ3n) is 10.1. The quantitative estimate of drug-likeness (QED) is 0.142. The van der Waals surface area contributed by atoms with E-state index in [0.29, 0.717) is 6.42 Å². The van der Waals surface area contributed by atoms with Gasteiger partial charge in [-0.3, -0.25) is 9.59 Å². The van der Waals surface area contributed by atoms with Gasteiger partial charge in [0.1, 0.15) is 36.3 Å². The van der Waals surface area contributed by atoms with Gasteiger partial charge in [0.25, 0.3) is 0 Å². The number of likely N-dealkylation sites (N-methyl/N-ethyl adjacent to an activating group) is 1. The van der Waals surface area contributed by atoms with Crippen molar-refractivity contribution in [3.63, 3.8) is 0 Å². The third-order valence-corrected chi connectivity index (χ3v) is 10.1. The van der Waals surface area contributed by atoms with E-state index in [-0.39, 0.29) is 31.6 Å². The SMILES string of the molecule is CCC(=O)O[C@H]1[C@H](C)O[C@@H](O[C@H]2[C@H](N(C)C)[C@@H](O)[C@H](OC3[C@@H](CC=O)C[C@@H](C)[C@@H](O)/C=C/C[C@@H](C)OC(=O)C[C@@H](O)[C@@H]3OC)O[C@@H]2C)C[C@@]1(C)O. The number of methoxy groups -OCH3 is 1. The number of hydrogen-bond donors (Lipinski definition) is 4. The summed E-state index contributed by atoms with van der Waals surface area (Å²) in [6.07, 6.45) is -7.39. The zero-order valence-electron chi connectivity index (χ0n) is 31.5. The highest BCUT2D eigenvalue weighted by Gasteiger charge is 2.52. The molecule has 0 aromatic rings. The van der Waals surface area contributed by atoms with Crippen LogP contribution in [-0.2, 0) is 47.5 Å². The number of ether oxygens (including phenoxy) is 7. The fourth-order valence-electron chi connectivity index (χ4n) is 7.36. The molecule has 0 spiro atoms. The van der Waals surface area contributed by atoms with E-state index in [4.69, 9.17) is 33.2 Å². The number of aldehydes is 1. The molecule has 0 aromatic heterocycles. The first-order chi connectivity index (χ1) is 23.9. The topological polar surface area (TPSA) is 200 Å². The van der Waals surface area contributed by atoms with Crippen LogP contribution in [0.2, 0.25) is 0 Å². The Morgan fingerprint density at radius 3 is 2.33 bits per heavy atom. The van der Waals surface area contributed by atoms with Gasteiger partial charge in [-0.05, 0) is 60.0 Å². The van der Waals surface area contributed by atoms with E-state index in [2.05, 4.69) is 0 Å². The van der Waals surface area contributed by atoms with E-state index in [1.54, 1.807) is 65.8 Å². The van der Waals surface area contributed by atoms with Gasteiger partial charge in [-0.2, -0.15) is 0 Å². The number of aliphatic hydroxyl groups is 4. The summed E-state index contributed by atoms with van der Waals surface area (Å²) in [5.74, 6) is -2.11. The average molecular weight is 732 g/mol. The molecule has 3 aliphatic rings. The van der Waals surface area contributed by atoms with Gasteiger partial charge in [0, 0.05) is 32.8 Å². The predicted octanol–water partition coefficient (Wildman–Crippen LogP) is 1.25. The van der Waals surface area contributed by atoms with E-state index < -0.39 is 110 Å². The molecule has 2 saturated heterocycles. The van der Waals surface area contributed by atoms with Crippen molar-refractivity contribution in [2.45, 2.75) is 165 Å². The molecule has 0 bridgehead atoms. The fraction of sp³-hybridized carbons (Fsp3) is 0.861. The van der Waals surface area contributed by atoms with Crippen LogP contribution < -0.4 is 0 Å². The van der Waals surface area contributed by atoms with Crippen LogP contribution in [0.15, 0.2) is 12.2 Å². The number of cyclic esters (lactones) is 1. The number of hydrogen-bond acceptors (Lipinski definition) is 15. The van der Waals surface area contributed by atoms with Crippen molar-refractivity contribution in [3.05, 3.63) is 12.2 Å². The van der Waals surface area contributed by atoms with Gasteiger partial charge >= 0.3 is 11.9 Å². The molecule has 0 radical (unpaired) electrons.